The lowest BCUT2D eigenvalue weighted by Crippen LogP contribution is -2.17. The van der Waals surface area contributed by atoms with Gasteiger partial charge in [-0.15, -0.1) is 0 Å². The molecule has 1 N–H and O–H groups in total. The molecule has 0 aliphatic carbocycles. The minimum Gasteiger partial charge on any atom is -0.354 e. The minimum absolute atomic E-state index is 0.474. The molecule has 1 atom stereocenters. The Kier molecular flexibility index (Phi) is 5.48. The van der Waals surface area contributed by atoms with E-state index in [2.05, 4.69) is 49.1 Å². The third-order valence-corrected chi connectivity index (χ3v) is 2.80. The topological polar surface area (TPSA) is 17.0 Å². The highest BCUT2D eigenvalue weighted by Gasteiger charge is 2.04. The van der Waals surface area contributed by atoms with Gasteiger partial charge >= 0.3 is 0 Å². The van der Waals surface area contributed by atoms with Crippen LogP contribution in [0.5, 0.6) is 0 Å². The normalized spacial score (nSPS) is 13.0. The largest absolute Gasteiger partial charge is 0.354 e. The van der Waals surface area contributed by atoms with E-state index in [1.165, 1.54) is 24.8 Å². The van der Waals surface area contributed by atoms with Crippen molar-refractivity contribution in [2.45, 2.75) is 52.6 Å². The number of aryl methyl sites for hydroxylation is 1. The van der Waals surface area contributed by atoms with Crippen LogP contribution in [0.3, 0.4) is 0 Å². The third-order valence-electron chi connectivity index (χ3n) is 2.80. The molecule has 0 amide bonds. The predicted molar refractivity (Wildman–Crippen MR) is 66.0 cm³/mol. The van der Waals surface area contributed by atoms with Gasteiger partial charge in [0.1, 0.15) is 0 Å². The average molecular weight is 208 g/mol. The van der Waals surface area contributed by atoms with Crippen molar-refractivity contribution in [3.8, 4) is 0 Å². The first-order valence-corrected chi connectivity index (χ1v) is 6.17. The fourth-order valence-corrected chi connectivity index (χ4v) is 1.82. The van der Waals surface area contributed by atoms with Gasteiger partial charge < -0.3 is 9.88 Å². The quantitative estimate of drug-likeness (QED) is 0.680. The van der Waals surface area contributed by atoms with Crippen LogP contribution >= 0.6 is 0 Å². The molecule has 86 valence electrons. The molecule has 0 radical (unpaired) electrons. The third kappa shape index (κ3) is 4.08. The van der Waals surface area contributed by atoms with Gasteiger partial charge in [0.15, 0.2) is 0 Å². The van der Waals surface area contributed by atoms with Crippen LogP contribution in [0.2, 0.25) is 0 Å². The molecule has 1 unspecified atom stereocenters. The molecule has 0 saturated heterocycles. The van der Waals surface area contributed by atoms with Crippen molar-refractivity contribution in [1.29, 1.82) is 0 Å². The lowest BCUT2D eigenvalue weighted by molar-refractivity contribution is 0.584. The lowest BCUT2D eigenvalue weighted by Gasteiger charge is -2.09. The summed E-state index contributed by atoms with van der Waals surface area (Å²) in [6, 6.07) is 2.70. The average Bonchev–Trinajstić information content (AvgIpc) is 2.67. The Morgan fingerprint density at radius 2 is 2.13 bits per heavy atom. The number of aromatic nitrogens is 1. The zero-order chi connectivity index (χ0) is 11.1. The predicted octanol–water partition coefficient (Wildman–Crippen LogP) is 3.35. The second kappa shape index (κ2) is 6.67. The molecule has 2 nitrogen and oxygen atoms in total. The Morgan fingerprint density at radius 1 is 1.33 bits per heavy atom. The fourth-order valence-electron chi connectivity index (χ4n) is 1.82. The summed E-state index contributed by atoms with van der Waals surface area (Å²) < 4.78 is 2.30. The van der Waals surface area contributed by atoms with E-state index >= 15 is 0 Å². The first-order chi connectivity index (χ1) is 7.27. The van der Waals surface area contributed by atoms with Gasteiger partial charge in [0.2, 0.25) is 0 Å². The molecule has 0 aliphatic heterocycles. The molecule has 0 saturated carbocycles. The molecule has 0 aromatic carbocycles. The summed E-state index contributed by atoms with van der Waals surface area (Å²) in [7, 11) is 0. The van der Waals surface area contributed by atoms with Crippen LogP contribution < -0.4 is 5.32 Å². The SMILES string of the molecule is CCCCCn1ccc(C(C)NCC)c1. The Balaban J connectivity index is 2.41. The Labute approximate surface area is 93.7 Å². The fraction of sp³-hybridized carbons (Fsp3) is 0.692. The van der Waals surface area contributed by atoms with E-state index in [-0.39, 0.29) is 0 Å². The van der Waals surface area contributed by atoms with E-state index in [0.29, 0.717) is 6.04 Å². The second-order valence-electron chi connectivity index (χ2n) is 4.17. The van der Waals surface area contributed by atoms with Crippen molar-refractivity contribution >= 4 is 0 Å². The summed E-state index contributed by atoms with van der Waals surface area (Å²) in [5.41, 5.74) is 1.40. The second-order valence-corrected chi connectivity index (χ2v) is 4.17. The molecule has 1 rings (SSSR count). The number of unbranched alkanes of at least 4 members (excludes halogenated alkanes) is 2. The lowest BCUT2D eigenvalue weighted by atomic mass is 10.2. The number of nitrogens with one attached hydrogen (secondary N) is 1. The summed E-state index contributed by atoms with van der Waals surface area (Å²) in [5, 5.41) is 3.43. The zero-order valence-electron chi connectivity index (χ0n) is 10.3. The van der Waals surface area contributed by atoms with E-state index in [4.69, 9.17) is 0 Å². The summed E-state index contributed by atoms with van der Waals surface area (Å²) in [5.74, 6) is 0. The molecular formula is C13H24N2. The van der Waals surface area contributed by atoms with E-state index in [1.54, 1.807) is 0 Å². The van der Waals surface area contributed by atoms with Crippen molar-refractivity contribution in [3.63, 3.8) is 0 Å². The van der Waals surface area contributed by atoms with Crippen LogP contribution in [0, 0.1) is 0 Å². The molecule has 1 heterocycles. The maximum atomic E-state index is 3.43. The maximum Gasteiger partial charge on any atom is 0.0306 e. The molecular weight excluding hydrogens is 184 g/mol. The van der Waals surface area contributed by atoms with Crippen molar-refractivity contribution in [2.75, 3.05) is 6.54 Å². The van der Waals surface area contributed by atoms with E-state index in [1.807, 2.05) is 0 Å². The summed E-state index contributed by atoms with van der Waals surface area (Å²) >= 11 is 0. The highest BCUT2D eigenvalue weighted by atomic mass is 15.0. The van der Waals surface area contributed by atoms with Crippen LogP contribution in [0.15, 0.2) is 18.5 Å². The van der Waals surface area contributed by atoms with Gasteiger partial charge in [-0.25, -0.2) is 0 Å². The van der Waals surface area contributed by atoms with Gasteiger partial charge in [-0.2, -0.15) is 0 Å². The van der Waals surface area contributed by atoms with Crippen LogP contribution in [0.25, 0.3) is 0 Å². The van der Waals surface area contributed by atoms with Gasteiger partial charge in [-0.05, 0) is 31.5 Å². The van der Waals surface area contributed by atoms with Crippen LogP contribution in [0.1, 0.15) is 51.6 Å². The standard InChI is InChI=1S/C13H24N2/c1-4-6-7-9-15-10-8-13(11-15)12(3)14-5-2/h8,10-12,14H,4-7,9H2,1-3H3. The van der Waals surface area contributed by atoms with Gasteiger partial charge in [-0.3, -0.25) is 0 Å². The van der Waals surface area contributed by atoms with Crippen molar-refractivity contribution in [1.82, 2.24) is 9.88 Å². The summed E-state index contributed by atoms with van der Waals surface area (Å²) in [6.07, 6.45) is 8.38. The molecule has 15 heavy (non-hydrogen) atoms. The highest BCUT2D eigenvalue weighted by molar-refractivity contribution is 5.14. The monoisotopic (exact) mass is 208 g/mol. The van der Waals surface area contributed by atoms with E-state index < -0.39 is 0 Å². The molecule has 1 aromatic rings. The minimum atomic E-state index is 0.474. The first-order valence-electron chi connectivity index (χ1n) is 6.17. The van der Waals surface area contributed by atoms with Gasteiger partial charge in [-0.1, -0.05) is 26.7 Å². The van der Waals surface area contributed by atoms with Gasteiger partial charge in [0.05, 0.1) is 0 Å². The Bertz CT molecular complexity index is 265. The van der Waals surface area contributed by atoms with Crippen molar-refractivity contribution < 1.29 is 0 Å². The van der Waals surface area contributed by atoms with Crippen LogP contribution in [0.4, 0.5) is 0 Å². The van der Waals surface area contributed by atoms with E-state index in [9.17, 15) is 0 Å². The Hall–Kier alpha value is -0.760. The molecule has 0 bridgehead atoms. The smallest absolute Gasteiger partial charge is 0.0306 e. The molecule has 0 fully saturated rings. The maximum absolute atomic E-state index is 3.43. The number of hydrogen-bond donors (Lipinski definition) is 1. The van der Waals surface area contributed by atoms with Crippen molar-refractivity contribution in [2.24, 2.45) is 0 Å². The number of rotatable bonds is 7. The summed E-state index contributed by atoms with van der Waals surface area (Å²) in [6.45, 7) is 8.80. The molecule has 2 heteroatoms. The summed E-state index contributed by atoms with van der Waals surface area (Å²) in [4.78, 5) is 0. The van der Waals surface area contributed by atoms with Crippen LogP contribution in [-0.2, 0) is 6.54 Å². The highest BCUT2D eigenvalue weighted by Crippen LogP contribution is 2.13. The number of nitrogens with zero attached hydrogens (tertiary/aromatic N) is 1. The van der Waals surface area contributed by atoms with Gasteiger partial charge in [0, 0.05) is 25.0 Å². The molecule has 0 aliphatic rings. The van der Waals surface area contributed by atoms with Gasteiger partial charge in [0.25, 0.3) is 0 Å². The van der Waals surface area contributed by atoms with Crippen molar-refractivity contribution in [3.05, 3.63) is 24.0 Å². The van der Waals surface area contributed by atoms with E-state index in [0.717, 1.165) is 13.1 Å². The zero-order valence-corrected chi connectivity index (χ0v) is 10.3. The first kappa shape index (κ1) is 12.3. The number of hydrogen-bond acceptors (Lipinski definition) is 1. The molecule has 0 spiro atoms. The molecule has 1 aromatic heterocycles. The Morgan fingerprint density at radius 3 is 2.80 bits per heavy atom. The van der Waals surface area contributed by atoms with Crippen LogP contribution in [-0.4, -0.2) is 11.1 Å².